The molecule has 8 heterocycles. The molecule has 0 unspecified atom stereocenters. The van der Waals surface area contributed by atoms with Gasteiger partial charge >= 0.3 is 5.97 Å². The van der Waals surface area contributed by atoms with E-state index < -0.39 is 11.9 Å². The molecule has 3 aliphatic heterocycles. The molecule has 0 saturated carbocycles. The smallest absolute Gasteiger partial charge is 0.328 e. The maximum atomic E-state index is 11.9. The third kappa shape index (κ3) is 23.5. The number of halogens is 3. The van der Waals surface area contributed by atoms with Crippen LogP contribution in [0.3, 0.4) is 0 Å². The Balaban J connectivity index is 0.000000151. The first-order valence-electron chi connectivity index (χ1n) is 34.8. The largest absolute Gasteiger partial charge is 0.497 e. The second-order valence-electron chi connectivity index (χ2n) is 24.1. The van der Waals surface area contributed by atoms with Crippen LogP contribution in [0, 0.1) is 0 Å². The molecule has 30 heteroatoms. The number of hydrogen-bond donors (Lipinski definition) is 4. The summed E-state index contributed by atoms with van der Waals surface area (Å²) >= 11 is 15.7. The zero-order chi connectivity index (χ0) is 79.9. The molecule has 27 nitrogen and oxygen atoms in total. The number of anilines is 3. The maximum Gasteiger partial charge on any atom is 0.328 e. The fourth-order valence-electron chi connectivity index (χ4n) is 11.7. The third-order valence-corrected chi connectivity index (χ3v) is 18.7. The van der Waals surface area contributed by atoms with Gasteiger partial charge < -0.3 is 82.1 Å². The average Bonchev–Trinajstić information content (AvgIpc) is 0.799. The Bertz CT molecular complexity index is 5400. The Hall–Kier alpha value is -12.1. The van der Waals surface area contributed by atoms with Crippen LogP contribution in [-0.2, 0) is 23.8 Å². The highest BCUT2D eigenvalue weighted by molar-refractivity contribution is 9.10. The zero-order valence-corrected chi connectivity index (χ0v) is 65.4. The number of carbonyl (C=O) groups is 2. The first kappa shape index (κ1) is 83.9. The van der Waals surface area contributed by atoms with E-state index >= 15 is 0 Å². The normalized spacial score (nSPS) is 13.0. The van der Waals surface area contributed by atoms with Crippen molar-refractivity contribution < 1.29 is 62.1 Å². The van der Waals surface area contributed by atoms with E-state index in [1.54, 1.807) is 147 Å². The first-order valence-corrected chi connectivity index (χ1v) is 36.3. The maximum absolute atomic E-state index is 11.9. The summed E-state index contributed by atoms with van der Waals surface area (Å²) in [5.74, 6) is 3.74. The number of hydrogen-bond acceptors (Lipinski definition) is 20. The summed E-state index contributed by atoms with van der Waals surface area (Å²) < 4.78 is 53.0. The van der Waals surface area contributed by atoms with Gasteiger partial charge in [-0.1, -0.05) is 53.5 Å². The van der Waals surface area contributed by atoms with Crippen molar-refractivity contribution in [2.45, 2.75) is 0 Å². The average molecular weight is 1630 g/mol. The number of nitrogens with one attached hydrogen (secondary N) is 3. The van der Waals surface area contributed by atoms with Crippen molar-refractivity contribution in [3.8, 4) is 40.2 Å². The lowest BCUT2D eigenvalue weighted by atomic mass is 10.1. The van der Waals surface area contributed by atoms with Crippen LogP contribution in [0.4, 0.5) is 17.1 Å². The van der Waals surface area contributed by atoms with Crippen LogP contribution in [0.2, 0.25) is 10.3 Å². The number of aliphatic carboxylic acids is 1. The Morgan fingerprint density at radius 1 is 0.464 bits per heavy atom. The molecule has 5 aromatic heterocycles. The van der Waals surface area contributed by atoms with Gasteiger partial charge in [0.25, 0.3) is 16.7 Å². The molecular formula is C82H82BrCl2N11O16. The molecule has 0 atom stereocenters. The number of nitrogens with zero attached hydrogens (tertiary/aromatic N) is 8. The summed E-state index contributed by atoms with van der Waals surface area (Å²) in [4.78, 5) is 81.4. The van der Waals surface area contributed by atoms with Crippen LogP contribution >= 0.6 is 39.1 Å². The molecular weight excluding hydrogens is 1550 g/mol. The van der Waals surface area contributed by atoms with E-state index in [9.17, 15) is 24.0 Å². The van der Waals surface area contributed by atoms with Gasteiger partial charge in [0.05, 0.1) is 119 Å². The molecule has 12 aromatic rings. The molecule has 0 bridgehead atoms. The lowest BCUT2D eigenvalue weighted by molar-refractivity contribution is -0.131. The summed E-state index contributed by atoms with van der Waals surface area (Å²) in [5.41, 5.74) is 12.6. The van der Waals surface area contributed by atoms with Crippen LogP contribution in [0.15, 0.2) is 213 Å². The number of carboxylic acids is 1. The second-order valence-corrected chi connectivity index (χ2v) is 25.7. The summed E-state index contributed by atoms with van der Waals surface area (Å²) in [7, 11) is 11.3. The predicted molar refractivity (Wildman–Crippen MR) is 443 cm³/mol. The van der Waals surface area contributed by atoms with Crippen LogP contribution in [0.5, 0.6) is 40.2 Å². The Morgan fingerprint density at radius 2 is 0.830 bits per heavy atom. The number of aromatic nitrogens is 5. The number of morpholine rings is 3. The number of azide groups is 1. The summed E-state index contributed by atoms with van der Waals surface area (Å²) in [6, 6.07) is 44.2. The van der Waals surface area contributed by atoms with Gasteiger partial charge in [-0.25, -0.2) is 14.8 Å². The second kappa shape index (κ2) is 42.7. The summed E-state index contributed by atoms with van der Waals surface area (Å²) in [6.45, 7) is 9.55. The topological polar surface area (TPSA) is 330 Å². The molecule has 7 aromatic carbocycles. The Labute approximate surface area is 662 Å². The van der Waals surface area contributed by atoms with Gasteiger partial charge in [0, 0.05) is 122 Å². The molecule has 582 valence electrons. The highest BCUT2D eigenvalue weighted by Gasteiger charge is 2.20. The van der Waals surface area contributed by atoms with Crippen molar-refractivity contribution in [2.75, 3.05) is 143 Å². The van der Waals surface area contributed by atoms with Gasteiger partial charge in [-0.3, -0.25) is 19.2 Å². The lowest BCUT2D eigenvalue weighted by Crippen LogP contribution is -2.36. The number of amides is 1. The quantitative estimate of drug-likeness (QED) is 0.0258. The molecule has 3 aliphatic rings. The number of ether oxygens (including phenoxy) is 10. The van der Waals surface area contributed by atoms with Crippen LogP contribution in [-0.4, -0.2) is 171 Å². The number of methoxy groups -OCH3 is 7. The lowest BCUT2D eigenvalue weighted by Gasteiger charge is -2.29. The molecule has 112 heavy (non-hydrogen) atoms. The van der Waals surface area contributed by atoms with Gasteiger partial charge in [-0.05, 0) is 177 Å². The van der Waals surface area contributed by atoms with Gasteiger partial charge in [-0.2, -0.15) is 0 Å². The van der Waals surface area contributed by atoms with Crippen molar-refractivity contribution in [1.29, 1.82) is 0 Å². The van der Waals surface area contributed by atoms with Crippen molar-refractivity contribution in [1.82, 2.24) is 24.9 Å². The van der Waals surface area contributed by atoms with Crippen molar-refractivity contribution in [3.63, 3.8) is 0 Å². The molecule has 4 N–H and O–H groups in total. The van der Waals surface area contributed by atoms with Gasteiger partial charge in [0.15, 0.2) is 0 Å². The monoisotopic (exact) mass is 1630 g/mol. The van der Waals surface area contributed by atoms with Crippen molar-refractivity contribution >= 4 is 134 Å². The zero-order valence-electron chi connectivity index (χ0n) is 62.3. The van der Waals surface area contributed by atoms with Crippen LogP contribution in [0.1, 0.15) is 11.1 Å². The number of H-pyrrole nitrogens is 3. The summed E-state index contributed by atoms with van der Waals surface area (Å²) in [5, 5.41) is 21.1. The Kier molecular flexibility index (Phi) is 32.0. The number of carboxylic acid groups (broad SMARTS) is 1. The minimum Gasteiger partial charge on any atom is -0.497 e. The van der Waals surface area contributed by atoms with Crippen LogP contribution in [0.25, 0.3) is 76.5 Å². The van der Waals surface area contributed by atoms with E-state index in [1.807, 2.05) is 85.2 Å². The predicted octanol–water partition coefficient (Wildman–Crippen LogP) is 15.0. The number of fused-ring (bicyclic) bond motifs is 5. The molecule has 0 aliphatic carbocycles. The molecule has 15 rings (SSSR count). The number of carbonyl (C=O) groups excluding carboxylic acids is 1. The van der Waals surface area contributed by atoms with Gasteiger partial charge in [0.1, 0.15) is 50.6 Å². The summed E-state index contributed by atoms with van der Waals surface area (Å²) in [6.07, 6.45) is 14.1. The number of benzene rings is 7. The SMILES string of the molecule is COc1ccc2c(=O)[nH]cc(Br)c2c1.COc1ccc2c(=O)[nH]cc(N3CCOCC3)c2c1.COc1ccc2c(=O)[nH]ccc2c1.COc1ccc2c(Cl)ncc(N3CCOCC3)c2c1.COc1ccc2c(Cl)ncc(N3CCOCC3)c2c1.COc1cccc(/C=C/C(=O)N=[N+]=[N-])c1.COc1cccc(/C=C/C(=O)O)c1. The van der Waals surface area contributed by atoms with E-state index in [-0.39, 0.29) is 16.7 Å². The molecule has 1 amide bonds. The van der Waals surface area contributed by atoms with E-state index in [0.29, 0.717) is 51.2 Å². The molecule has 3 fully saturated rings. The minimum atomic E-state index is -0.956. The number of pyridine rings is 5. The first-order chi connectivity index (χ1) is 54.4. The van der Waals surface area contributed by atoms with E-state index in [2.05, 4.69) is 65.6 Å². The minimum absolute atomic E-state index is 0.0693. The fraction of sp³-hybridized carbons (Fsp3) is 0.232. The van der Waals surface area contributed by atoms with Crippen LogP contribution < -0.4 is 64.5 Å². The van der Waals surface area contributed by atoms with Gasteiger partial charge in [-0.15, -0.1) is 0 Å². The van der Waals surface area contributed by atoms with E-state index in [0.717, 1.165) is 171 Å². The third-order valence-electron chi connectivity index (χ3n) is 17.4. The molecule has 0 radical (unpaired) electrons. The van der Waals surface area contributed by atoms with Crippen molar-refractivity contribution in [2.24, 2.45) is 5.11 Å². The highest BCUT2D eigenvalue weighted by Crippen LogP contribution is 2.36. The number of rotatable bonds is 14. The standard InChI is InChI=1S/2C14H15ClN2O2.C14H16N2O3.C10H8BrNO2.C10H9N3O2.C10H9NO2.C10H10O3/c2*1-18-10-2-3-11-12(8-10)13(9-16-14(11)15)17-4-6-19-7-5-17;1-18-10-2-3-11-12(8-10)13(9-15-14(11)17)16-4-6-19-7-5-16;1-14-6-2-3-7-8(4-6)9(11)5-12-10(7)13;1-15-9-4-2-3-8(7-9)5-6-10(14)12-13-11;1-13-8-2-3-9-7(6-8)4-5-11-10(9)12;1-13-9-4-2-3-8(7-9)5-6-10(11)12/h2*2-3,8-9H,4-7H2,1H3;2-3,8-9H,4-7H2,1H3,(H,15,17);2-5H,1H3,(H,12,13);2-7H,1H3;2-6H,1H3,(H,11,12);2-7H,1H3,(H,11,12)/b;;;;6-5+;;6-5+. The van der Waals surface area contributed by atoms with Crippen molar-refractivity contribution in [3.05, 3.63) is 256 Å². The number of aromatic amines is 3. The van der Waals surface area contributed by atoms with E-state index in [1.165, 1.54) is 12.2 Å². The Morgan fingerprint density at radius 3 is 1.27 bits per heavy atom. The molecule has 0 spiro atoms. The fourth-order valence-corrected chi connectivity index (χ4v) is 12.5. The van der Waals surface area contributed by atoms with E-state index in [4.69, 9.17) is 81.2 Å². The van der Waals surface area contributed by atoms with Gasteiger partial charge in [0.2, 0.25) is 5.91 Å². The highest BCUT2D eigenvalue weighted by atomic mass is 79.9. The molecule has 3 saturated heterocycles.